The van der Waals surface area contributed by atoms with E-state index in [1.54, 1.807) is 24.3 Å². The monoisotopic (exact) mass is 332 g/mol. The van der Waals surface area contributed by atoms with Crippen LogP contribution >= 0.6 is 34.8 Å². The molecule has 0 aliphatic carbocycles. The highest BCUT2D eigenvalue weighted by atomic mass is 35.5. The van der Waals surface area contributed by atoms with Gasteiger partial charge in [0.15, 0.2) is 0 Å². The topological polar surface area (TPSA) is 38.0 Å². The van der Waals surface area contributed by atoms with E-state index in [-0.39, 0.29) is 11.1 Å². The molecular formula is C14H12Cl3FN2. The molecule has 0 aliphatic heterocycles. The van der Waals surface area contributed by atoms with E-state index in [9.17, 15) is 4.39 Å². The van der Waals surface area contributed by atoms with Gasteiger partial charge in [0.2, 0.25) is 0 Å². The zero-order chi connectivity index (χ0) is 14.7. The third-order valence-electron chi connectivity index (χ3n) is 2.96. The molecule has 1 atom stereocenters. The molecule has 2 aromatic carbocycles. The Balaban J connectivity index is 2.28. The molecule has 0 radical (unpaired) electrons. The Labute approximate surface area is 131 Å². The number of rotatable bonds is 4. The molecule has 2 nitrogen and oxygen atoms in total. The summed E-state index contributed by atoms with van der Waals surface area (Å²) in [6.07, 6.45) is 0.463. The molecule has 3 N–H and O–H groups in total. The van der Waals surface area contributed by atoms with Crippen molar-refractivity contribution in [1.29, 1.82) is 0 Å². The normalized spacial score (nSPS) is 12.4. The number of halogens is 4. The number of hydrogen-bond donors (Lipinski definition) is 2. The first-order valence-corrected chi connectivity index (χ1v) is 6.99. The summed E-state index contributed by atoms with van der Waals surface area (Å²) in [4.78, 5) is 0. The average molecular weight is 334 g/mol. The van der Waals surface area contributed by atoms with Gasteiger partial charge in [0, 0.05) is 10.0 Å². The first kappa shape index (κ1) is 15.5. The largest absolute Gasteiger partial charge is 0.271 e. The van der Waals surface area contributed by atoms with Gasteiger partial charge in [0.25, 0.3) is 0 Å². The van der Waals surface area contributed by atoms with E-state index < -0.39 is 5.82 Å². The molecule has 0 spiro atoms. The highest BCUT2D eigenvalue weighted by molar-refractivity contribution is 6.33. The molecule has 0 aliphatic rings. The maximum atomic E-state index is 13.4. The van der Waals surface area contributed by atoms with Gasteiger partial charge in [0.05, 0.1) is 11.1 Å². The van der Waals surface area contributed by atoms with Gasteiger partial charge in [-0.25, -0.2) is 4.39 Å². The van der Waals surface area contributed by atoms with Crippen molar-refractivity contribution >= 4 is 34.8 Å². The highest BCUT2D eigenvalue weighted by Crippen LogP contribution is 2.28. The van der Waals surface area contributed by atoms with Crippen LogP contribution in [0.5, 0.6) is 0 Å². The summed E-state index contributed by atoms with van der Waals surface area (Å²) in [7, 11) is 0. The van der Waals surface area contributed by atoms with E-state index in [0.29, 0.717) is 16.5 Å². The van der Waals surface area contributed by atoms with Gasteiger partial charge < -0.3 is 0 Å². The molecule has 20 heavy (non-hydrogen) atoms. The number of nitrogens with one attached hydrogen (secondary N) is 1. The molecule has 0 bridgehead atoms. The van der Waals surface area contributed by atoms with Crippen LogP contribution in [0.15, 0.2) is 36.4 Å². The summed E-state index contributed by atoms with van der Waals surface area (Å²) in [5, 5.41) is 1.20. The molecule has 0 aromatic heterocycles. The Morgan fingerprint density at radius 2 is 1.75 bits per heavy atom. The highest BCUT2D eigenvalue weighted by Gasteiger charge is 2.15. The SMILES string of the molecule is NNC(Cc1ccc(Cl)c(F)c1)c1cc(Cl)ccc1Cl. The predicted molar refractivity (Wildman–Crippen MR) is 81.6 cm³/mol. The number of nitrogens with two attached hydrogens (primary N) is 1. The Morgan fingerprint density at radius 1 is 1.05 bits per heavy atom. The third kappa shape index (κ3) is 3.62. The van der Waals surface area contributed by atoms with Crippen LogP contribution in [0.2, 0.25) is 15.1 Å². The Hall–Kier alpha value is -0.840. The van der Waals surface area contributed by atoms with E-state index in [1.807, 2.05) is 0 Å². The van der Waals surface area contributed by atoms with Crippen molar-refractivity contribution in [2.24, 2.45) is 5.84 Å². The van der Waals surface area contributed by atoms with Crippen LogP contribution in [0.4, 0.5) is 4.39 Å². The van der Waals surface area contributed by atoms with Crippen LogP contribution in [0.3, 0.4) is 0 Å². The minimum atomic E-state index is -0.461. The minimum absolute atomic E-state index is 0.0896. The Kier molecular flexibility index (Phi) is 5.24. The summed E-state index contributed by atoms with van der Waals surface area (Å²) >= 11 is 17.8. The van der Waals surface area contributed by atoms with Gasteiger partial charge in [-0.2, -0.15) is 0 Å². The van der Waals surface area contributed by atoms with Crippen LogP contribution in [0.25, 0.3) is 0 Å². The van der Waals surface area contributed by atoms with Crippen LogP contribution < -0.4 is 11.3 Å². The van der Waals surface area contributed by atoms with Crippen molar-refractivity contribution in [2.75, 3.05) is 0 Å². The third-order valence-corrected chi connectivity index (χ3v) is 3.84. The molecule has 1 unspecified atom stereocenters. The van der Waals surface area contributed by atoms with E-state index in [0.717, 1.165) is 11.1 Å². The first-order valence-electron chi connectivity index (χ1n) is 5.86. The lowest BCUT2D eigenvalue weighted by atomic mass is 9.99. The fraction of sp³-hybridized carbons (Fsp3) is 0.143. The standard InChI is InChI=1S/C14H12Cl3FN2/c15-9-2-4-11(16)10(7-9)14(20-19)6-8-1-3-12(17)13(18)5-8/h1-5,7,14,20H,6,19H2. The van der Waals surface area contributed by atoms with E-state index in [1.165, 1.54) is 12.1 Å². The molecule has 0 heterocycles. The Morgan fingerprint density at radius 3 is 2.40 bits per heavy atom. The van der Waals surface area contributed by atoms with Crippen molar-refractivity contribution in [3.63, 3.8) is 0 Å². The first-order chi connectivity index (χ1) is 9.51. The summed E-state index contributed by atoms with van der Waals surface area (Å²) in [5.41, 5.74) is 4.19. The number of benzene rings is 2. The molecule has 0 saturated carbocycles. The van der Waals surface area contributed by atoms with Gasteiger partial charge in [0.1, 0.15) is 5.82 Å². The van der Waals surface area contributed by atoms with Crippen molar-refractivity contribution in [3.05, 3.63) is 68.4 Å². The van der Waals surface area contributed by atoms with Gasteiger partial charge in [-0.05, 0) is 47.9 Å². The van der Waals surface area contributed by atoms with Crippen molar-refractivity contribution in [2.45, 2.75) is 12.5 Å². The predicted octanol–water partition coefficient (Wildman–Crippen LogP) is 4.53. The molecule has 0 saturated heterocycles. The lowest BCUT2D eigenvalue weighted by Crippen LogP contribution is -2.29. The zero-order valence-electron chi connectivity index (χ0n) is 10.3. The van der Waals surface area contributed by atoms with Gasteiger partial charge in [-0.3, -0.25) is 11.3 Å². The summed E-state index contributed by atoms with van der Waals surface area (Å²) < 4.78 is 13.4. The molecule has 0 fully saturated rings. The molecule has 2 rings (SSSR count). The quantitative estimate of drug-likeness (QED) is 0.637. The molecule has 106 valence electrons. The second kappa shape index (κ2) is 6.74. The fourth-order valence-electron chi connectivity index (χ4n) is 1.94. The van der Waals surface area contributed by atoms with Crippen LogP contribution in [0.1, 0.15) is 17.2 Å². The summed E-state index contributed by atoms with van der Waals surface area (Å²) in [5.74, 6) is 5.11. The van der Waals surface area contributed by atoms with Gasteiger partial charge >= 0.3 is 0 Å². The van der Waals surface area contributed by atoms with E-state index in [2.05, 4.69) is 5.43 Å². The number of hydrazine groups is 1. The molecule has 2 aromatic rings. The van der Waals surface area contributed by atoms with Gasteiger partial charge in [-0.15, -0.1) is 0 Å². The minimum Gasteiger partial charge on any atom is -0.271 e. The summed E-state index contributed by atoms with van der Waals surface area (Å²) in [6, 6.07) is 9.50. The second-order valence-corrected chi connectivity index (χ2v) is 5.59. The van der Waals surface area contributed by atoms with E-state index >= 15 is 0 Å². The molecule has 0 amide bonds. The van der Waals surface area contributed by atoms with E-state index in [4.69, 9.17) is 40.6 Å². The Bertz CT molecular complexity index is 619. The zero-order valence-corrected chi connectivity index (χ0v) is 12.6. The van der Waals surface area contributed by atoms with Gasteiger partial charge in [-0.1, -0.05) is 40.9 Å². The average Bonchev–Trinajstić information content (AvgIpc) is 2.43. The van der Waals surface area contributed by atoms with Crippen molar-refractivity contribution in [3.8, 4) is 0 Å². The lowest BCUT2D eigenvalue weighted by Gasteiger charge is -2.18. The maximum Gasteiger partial charge on any atom is 0.142 e. The van der Waals surface area contributed by atoms with Crippen molar-refractivity contribution in [1.82, 2.24) is 5.43 Å². The second-order valence-electron chi connectivity index (χ2n) is 4.34. The lowest BCUT2D eigenvalue weighted by molar-refractivity contribution is 0.549. The smallest absolute Gasteiger partial charge is 0.142 e. The van der Waals surface area contributed by atoms with Crippen molar-refractivity contribution < 1.29 is 4.39 Å². The molecule has 6 heteroatoms. The number of hydrogen-bond acceptors (Lipinski definition) is 2. The van der Waals surface area contributed by atoms with Crippen LogP contribution in [-0.2, 0) is 6.42 Å². The van der Waals surface area contributed by atoms with Crippen LogP contribution in [0, 0.1) is 5.82 Å². The molecular weight excluding hydrogens is 322 g/mol. The van der Waals surface area contributed by atoms with Crippen LogP contribution in [-0.4, -0.2) is 0 Å². The fourth-order valence-corrected chi connectivity index (χ4v) is 2.49. The summed E-state index contributed by atoms with van der Waals surface area (Å²) in [6.45, 7) is 0. The maximum absolute atomic E-state index is 13.4.